The fraction of sp³-hybridized carbons (Fsp3) is 0.800. The second-order valence-corrected chi connectivity index (χ2v) is 3.74. The third-order valence-electron chi connectivity index (χ3n) is 2.54. The molecule has 0 spiro atoms. The van der Waals surface area contributed by atoms with E-state index < -0.39 is 12.0 Å². The molecule has 1 fully saturated rings. The van der Waals surface area contributed by atoms with Crippen molar-refractivity contribution in [3.8, 4) is 0 Å². The molecule has 2 N–H and O–H groups in total. The monoisotopic (exact) mass is 231 g/mol. The summed E-state index contributed by atoms with van der Waals surface area (Å²) < 4.78 is 9.86. The minimum atomic E-state index is -1.08. The highest BCUT2D eigenvalue weighted by molar-refractivity contribution is 5.85. The SMILES string of the molecule is COCC(NC(=O)C1CCOCC1)C(=O)O. The van der Waals surface area contributed by atoms with Crippen molar-refractivity contribution < 1.29 is 24.2 Å². The van der Waals surface area contributed by atoms with Gasteiger partial charge in [-0.1, -0.05) is 0 Å². The molecule has 1 rings (SSSR count). The van der Waals surface area contributed by atoms with Crippen molar-refractivity contribution >= 4 is 11.9 Å². The molecule has 6 nitrogen and oxygen atoms in total. The third-order valence-corrected chi connectivity index (χ3v) is 2.54. The molecular weight excluding hydrogens is 214 g/mol. The fourth-order valence-electron chi connectivity index (χ4n) is 1.59. The van der Waals surface area contributed by atoms with Crippen LogP contribution in [0.2, 0.25) is 0 Å². The molecule has 1 saturated heterocycles. The average molecular weight is 231 g/mol. The van der Waals surface area contributed by atoms with Gasteiger partial charge < -0.3 is 19.9 Å². The van der Waals surface area contributed by atoms with Crippen LogP contribution in [-0.2, 0) is 19.1 Å². The summed E-state index contributed by atoms with van der Waals surface area (Å²) in [4.78, 5) is 22.5. The number of methoxy groups -OCH3 is 1. The van der Waals surface area contributed by atoms with Crippen molar-refractivity contribution in [3.05, 3.63) is 0 Å². The van der Waals surface area contributed by atoms with Crippen molar-refractivity contribution in [2.45, 2.75) is 18.9 Å². The Morgan fingerprint density at radius 2 is 2.12 bits per heavy atom. The molecule has 1 heterocycles. The van der Waals surface area contributed by atoms with Gasteiger partial charge >= 0.3 is 5.97 Å². The maximum absolute atomic E-state index is 11.7. The van der Waals surface area contributed by atoms with E-state index in [-0.39, 0.29) is 18.4 Å². The van der Waals surface area contributed by atoms with Crippen LogP contribution in [-0.4, -0.2) is 50.0 Å². The van der Waals surface area contributed by atoms with Crippen molar-refractivity contribution in [1.82, 2.24) is 5.32 Å². The van der Waals surface area contributed by atoms with E-state index in [1.54, 1.807) is 0 Å². The van der Waals surface area contributed by atoms with Crippen LogP contribution in [0.15, 0.2) is 0 Å². The van der Waals surface area contributed by atoms with E-state index in [2.05, 4.69) is 5.32 Å². The topological polar surface area (TPSA) is 84.9 Å². The molecule has 0 aromatic heterocycles. The van der Waals surface area contributed by atoms with E-state index in [0.717, 1.165) is 0 Å². The molecule has 1 amide bonds. The number of amides is 1. The Hall–Kier alpha value is -1.14. The van der Waals surface area contributed by atoms with Crippen molar-refractivity contribution in [3.63, 3.8) is 0 Å². The van der Waals surface area contributed by atoms with Gasteiger partial charge in [0.2, 0.25) is 5.91 Å². The number of ether oxygens (including phenoxy) is 2. The van der Waals surface area contributed by atoms with E-state index >= 15 is 0 Å². The zero-order valence-electron chi connectivity index (χ0n) is 9.27. The molecule has 1 atom stereocenters. The standard InChI is InChI=1S/C10H17NO5/c1-15-6-8(10(13)14)11-9(12)7-2-4-16-5-3-7/h7-8H,2-6H2,1H3,(H,11,12)(H,13,14). The molecule has 1 unspecified atom stereocenters. The van der Waals surface area contributed by atoms with E-state index in [0.29, 0.717) is 26.1 Å². The quantitative estimate of drug-likeness (QED) is 0.674. The fourth-order valence-corrected chi connectivity index (χ4v) is 1.59. The van der Waals surface area contributed by atoms with E-state index in [1.165, 1.54) is 7.11 Å². The Labute approximate surface area is 93.9 Å². The van der Waals surface area contributed by atoms with Gasteiger partial charge in [0.25, 0.3) is 0 Å². The molecule has 6 heteroatoms. The van der Waals surface area contributed by atoms with Crippen LogP contribution in [0.1, 0.15) is 12.8 Å². The first-order valence-corrected chi connectivity index (χ1v) is 5.25. The number of carboxylic acids is 1. The minimum Gasteiger partial charge on any atom is -0.480 e. The summed E-state index contributed by atoms with van der Waals surface area (Å²) in [6.07, 6.45) is 1.29. The highest BCUT2D eigenvalue weighted by atomic mass is 16.5. The van der Waals surface area contributed by atoms with E-state index in [4.69, 9.17) is 14.6 Å². The Kier molecular flexibility index (Phi) is 5.21. The lowest BCUT2D eigenvalue weighted by Crippen LogP contribution is -2.47. The average Bonchev–Trinajstić information content (AvgIpc) is 2.29. The first-order valence-electron chi connectivity index (χ1n) is 5.25. The second-order valence-electron chi connectivity index (χ2n) is 3.74. The van der Waals surface area contributed by atoms with Crippen LogP contribution in [0.5, 0.6) is 0 Å². The first-order chi connectivity index (χ1) is 7.65. The molecule has 16 heavy (non-hydrogen) atoms. The Bertz CT molecular complexity index is 250. The van der Waals surface area contributed by atoms with E-state index in [9.17, 15) is 9.59 Å². The molecule has 0 aromatic rings. The zero-order valence-corrected chi connectivity index (χ0v) is 9.27. The van der Waals surface area contributed by atoms with Crippen molar-refractivity contribution in [2.24, 2.45) is 5.92 Å². The third kappa shape index (κ3) is 3.79. The predicted molar refractivity (Wildman–Crippen MR) is 55.0 cm³/mol. The Morgan fingerprint density at radius 3 is 2.62 bits per heavy atom. The molecule has 0 saturated carbocycles. The molecule has 1 aliphatic heterocycles. The number of rotatable bonds is 5. The summed E-state index contributed by atoms with van der Waals surface area (Å²) in [7, 11) is 1.40. The van der Waals surface area contributed by atoms with Crippen LogP contribution < -0.4 is 5.32 Å². The van der Waals surface area contributed by atoms with Crippen molar-refractivity contribution in [1.29, 1.82) is 0 Å². The molecular formula is C10H17NO5. The number of carbonyl (C=O) groups excluding carboxylic acids is 1. The number of aliphatic carboxylic acids is 1. The highest BCUT2D eigenvalue weighted by Gasteiger charge is 2.26. The highest BCUT2D eigenvalue weighted by Crippen LogP contribution is 2.14. The van der Waals surface area contributed by atoms with Gasteiger partial charge in [-0.2, -0.15) is 0 Å². The van der Waals surface area contributed by atoms with Gasteiger partial charge in [-0.05, 0) is 12.8 Å². The number of nitrogens with one attached hydrogen (secondary N) is 1. The molecule has 0 aliphatic carbocycles. The maximum Gasteiger partial charge on any atom is 0.328 e. The van der Waals surface area contributed by atoms with Crippen LogP contribution in [0.4, 0.5) is 0 Å². The summed E-state index contributed by atoms with van der Waals surface area (Å²) in [6.45, 7) is 1.09. The zero-order chi connectivity index (χ0) is 12.0. The predicted octanol–water partition coefficient (Wildman–Crippen LogP) is -0.371. The normalized spacial score (nSPS) is 19.1. The van der Waals surface area contributed by atoms with Gasteiger partial charge in [0.05, 0.1) is 6.61 Å². The molecule has 0 radical (unpaired) electrons. The van der Waals surface area contributed by atoms with Gasteiger partial charge in [0, 0.05) is 26.2 Å². The van der Waals surface area contributed by atoms with Gasteiger partial charge in [-0.3, -0.25) is 4.79 Å². The number of hydrogen-bond acceptors (Lipinski definition) is 4. The summed E-state index contributed by atoms with van der Waals surface area (Å²) >= 11 is 0. The summed E-state index contributed by atoms with van der Waals surface area (Å²) in [6, 6.07) is -0.972. The van der Waals surface area contributed by atoms with Gasteiger partial charge in [-0.25, -0.2) is 4.79 Å². The van der Waals surface area contributed by atoms with Crippen LogP contribution in [0.25, 0.3) is 0 Å². The second kappa shape index (κ2) is 6.44. The largest absolute Gasteiger partial charge is 0.480 e. The maximum atomic E-state index is 11.7. The van der Waals surface area contributed by atoms with Crippen molar-refractivity contribution in [2.75, 3.05) is 26.9 Å². The summed E-state index contributed by atoms with van der Waals surface area (Å²) in [5.74, 6) is -1.46. The van der Waals surface area contributed by atoms with Crippen LogP contribution >= 0.6 is 0 Å². The summed E-state index contributed by atoms with van der Waals surface area (Å²) in [5.41, 5.74) is 0. The first kappa shape index (κ1) is 12.9. The van der Waals surface area contributed by atoms with E-state index in [1.807, 2.05) is 0 Å². The van der Waals surface area contributed by atoms with Gasteiger partial charge in [0.1, 0.15) is 0 Å². The minimum absolute atomic E-state index is 0.0235. The summed E-state index contributed by atoms with van der Waals surface area (Å²) in [5, 5.41) is 11.3. The molecule has 92 valence electrons. The smallest absolute Gasteiger partial charge is 0.328 e. The van der Waals surface area contributed by atoms with Crippen LogP contribution in [0.3, 0.4) is 0 Å². The van der Waals surface area contributed by atoms with Gasteiger partial charge in [-0.15, -0.1) is 0 Å². The number of carbonyl (C=O) groups is 2. The lowest BCUT2D eigenvalue weighted by Gasteiger charge is -2.23. The molecule has 1 aliphatic rings. The Balaban J connectivity index is 2.43. The van der Waals surface area contributed by atoms with Gasteiger partial charge in [0.15, 0.2) is 6.04 Å². The Morgan fingerprint density at radius 1 is 1.50 bits per heavy atom. The lowest BCUT2D eigenvalue weighted by molar-refractivity contribution is -0.144. The molecule has 0 aromatic carbocycles. The molecule has 0 bridgehead atoms. The number of hydrogen-bond donors (Lipinski definition) is 2. The number of carboxylic acid groups (broad SMARTS) is 1. The van der Waals surface area contributed by atoms with Crippen LogP contribution in [0, 0.1) is 5.92 Å². The lowest BCUT2D eigenvalue weighted by atomic mass is 9.99.